The summed E-state index contributed by atoms with van der Waals surface area (Å²) in [6.45, 7) is 2.22. The molecule has 0 saturated heterocycles. The molecule has 0 bridgehead atoms. The molecule has 4 aromatic rings. The Morgan fingerprint density at radius 2 is 1.74 bits per heavy atom. The van der Waals surface area contributed by atoms with Crippen molar-refractivity contribution in [3.63, 3.8) is 0 Å². The predicted molar refractivity (Wildman–Crippen MR) is 169 cm³/mol. The molecule has 3 N–H and O–H groups in total. The van der Waals surface area contributed by atoms with Gasteiger partial charge in [0.25, 0.3) is 11.5 Å². The molecule has 0 spiro atoms. The topological polar surface area (TPSA) is 118 Å². The van der Waals surface area contributed by atoms with Gasteiger partial charge in [0.2, 0.25) is 5.88 Å². The Morgan fingerprint density at radius 1 is 1.05 bits per heavy atom. The second-order valence-corrected chi connectivity index (χ2v) is 11.4. The summed E-state index contributed by atoms with van der Waals surface area (Å²) in [7, 11) is 3.07. The molecular weight excluding hydrogens is 589 g/mol. The van der Waals surface area contributed by atoms with E-state index in [9.17, 15) is 14.7 Å². The number of halogens is 2. The third-order valence-corrected chi connectivity index (χ3v) is 8.47. The van der Waals surface area contributed by atoms with E-state index in [0.29, 0.717) is 51.2 Å². The summed E-state index contributed by atoms with van der Waals surface area (Å²) >= 11 is 13.8. The highest BCUT2D eigenvalue weighted by Crippen LogP contribution is 2.41. The Hall–Kier alpha value is -3.76. The van der Waals surface area contributed by atoms with Gasteiger partial charge < -0.3 is 20.5 Å². The minimum atomic E-state index is -0.589. The molecule has 1 saturated carbocycles. The molecule has 2 aromatic carbocycles. The molecule has 1 unspecified atom stereocenters. The van der Waals surface area contributed by atoms with Crippen molar-refractivity contribution in [2.75, 3.05) is 12.4 Å². The second kappa shape index (κ2) is 13.3. The zero-order valence-electron chi connectivity index (χ0n) is 24.2. The second-order valence-electron chi connectivity index (χ2n) is 10.6. The summed E-state index contributed by atoms with van der Waals surface area (Å²) in [5, 5.41) is 21.2. The Bertz CT molecular complexity index is 1720. The van der Waals surface area contributed by atoms with E-state index in [2.05, 4.69) is 15.7 Å². The van der Waals surface area contributed by atoms with Gasteiger partial charge in [-0.05, 0) is 38.0 Å². The summed E-state index contributed by atoms with van der Waals surface area (Å²) in [6.07, 6.45) is 3.55. The first kappa shape index (κ1) is 30.7. The van der Waals surface area contributed by atoms with Gasteiger partial charge in [-0.15, -0.1) is 0 Å². The van der Waals surface area contributed by atoms with Crippen LogP contribution in [0.3, 0.4) is 0 Å². The number of aryl methyl sites for hydroxylation is 2. The van der Waals surface area contributed by atoms with Crippen molar-refractivity contribution in [2.45, 2.75) is 51.3 Å². The molecule has 1 amide bonds. The minimum absolute atomic E-state index is 0.0370. The average molecular weight is 623 g/mol. The van der Waals surface area contributed by atoms with E-state index in [-0.39, 0.29) is 22.7 Å². The summed E-state index contributed by atoms with van der Waals surface area (Å²) in [5.41, 5.74) is 3.75. The summed E-state index contributed by atoms with van der Waals surface area (Å²) < 4.78 is 6.74. The summed E-state index contributed by atoms with van der Waals surface area (Å²) in [5.74, 6) is -0.120. The Morgan fingerprint density at radius 3 is 2.49 bits per heavy atom. The number of pyridine rings is 1. The average Bonchev–Trinajstić information content (AvgIpc) is 3.00. The van der Waals surface area contributed by atoms with Gasteiger partial charge in [-0.3, -0.25) is 9.59 Å². The van der Waals surface area contributed by atoms with Crippen molar-refractivity contribution < 1.29 is 14.6 Å². The summed E-state index contributed by atoms with van der Waals surface area (Å²) in [4.78, 5) is 30.2. The van der Waals surface area contributed by atoms with Crippen LogP contribution >= 0.6 is 23.2 Å². The van der Waals surface area contributed by atoms with E-state index in [1.807, 2.05) is 30.3 Å². The number of methoxy groups -OCH3 is 1. The number of hydrogen-bond donors (Lipinski definition) is 3. The number of anilines is 1. The highest BCUT2D eigenvalue weighted by atomic mass is 35.5. The number of aliphatic hydroxyl groups excluding tert-OH is 1. The van der Waals surface area contributed by atoms with E-state index >= 15 is 0 Å². The number of aromatic nitrogens is 3. The van der Waals surface area contributed by atoms with Gasteiger partial charge in [0.15, 0.2) is 0 Å². The normalized spacial score (nSPS) is 16.6. The predicted octanol–water partition coefficient (Wildman–Crippen LogP) is 5.78. The number of carbonyl (C=O) groups is 1. The zero-order chi connectivity index (χ0) is 30.7. The van der Waals surface area contributed by atoms with Gasteiger partial charge in [0.1, 0.15) is 5.56 Å². The highest BCUT2D eigenvalue weighted by molar-refractivity contribution is 6.39. The molecule has 2 aromatic heterocycles. The van der Waals surface area contributed by atoms with Crippen LogP contribution in [-0.2, 0) is 13.6 Å². The van der Waals surface area contributed by atoms with Crippen LogP contribution in [0.5, 0.6) is 5.88 Å². The van der Waals surface area contributed by atoms with Crippen LogP contribution in [0.15, 0.2) is 59.4 Å². The molecule has 9 nitrogen and oxygen atoms in total. The number of hydrogen-bond acceptors (Lipinski definition) is 7. The number of nitrogens with one attached hydrogen (secondary N) is 2. The first-order valence-electron chi connectivity index (χ1n) is 14.1. The maximum Gasteiger partial charge on any atom is 0.279 e. The fourth-order valence-electron chi connectivity index (χ4n) is 5.40. The van der Waals surface area contributed by atoms with E-state index < -0.39 is 11.5 Å². The standard InChI is InChI=1S/C32H33Cl2N5O4/c1-18-16-23(32(42)39(2)38-18)30(41)36-26-12-7-9-21(29(26)34)20-8-6-10-22(28(20)33)24-15-14-19(31(37-24)43-3)17-35-25-11-4-5-13-27(25)40/h6-10,12,14-16,25,27,35,40H,4-5,11,13,17H2,1-3H3,(H,36,41)/t25?,27-/m0/s1. The SMILES string of the molecule is COc1nc(-c2cccc(-c3cccc(NC(=O)c4cc(C)nn(C)c4=O)c3Cl)c2Cl)ccc1CNC1CCCC[C@@H]1O. The van der Waals surface area contributed by atoms with Gasteiger partial charge >= 0.3 is 0 Å². The minimum Gasteiger partial charge on any atom is -0.481 e. The fraction of sp³-hybridized carbons (Fsp3) is 0.312. The Kier molecular flexibility index (Phi) is 9.46. The van der Waals surface area contributed by atoms with E-state index in [0.717, 1.165) is 35.9 Å². The molecule has 1 fully saturated rings. The lowest BCUT2D eigenvalue weighted by Crippen LogP contribution is -2.41. The zero-order valence-corrected chi connectivity index (χ0v) is 25.7. The van der Waals surface area contributed by atoms with Gasteiger partial charge in [-0.1, -0.05) is 72.4 Å². The van der Waals surface area contributed by atoms with E-state index in [4.69, 9.17) is 32.9 Å². The molecule has 0 aliphatic heterocycles. The first-order chi connectivity index (χ1) is 20.7. The van der Waals surface area contributed by atoms with Crippen LogP contribution in [0.1, 0.15) is 47.3 Å². The highest BCUT2D eigenvalue weighted by Gasteiger charge is 2.23. The lowest BCUT2D eigenvalue weighted by molar-refractivity contribution is 0.0901. The largest absolute Gasteiger partial charge is 0.481 e. The smallest absolute Gasteiger partial charge is 0.279 e. The van der Waals surface area contributed by atoms with Gasteiger partial charge in [0.05, 0.1) is 40.3 Å². The molecular formula is C32H33Cl2N5O4. The van der Waals surface area contributed by atoms with Crippen molar-refractivity contribution in [3.8, 4) is 28.3 Å². The number of rotatable bonds is 8. The van der Waals surface area contributed by atoms with Crippen LogP contribution in [-0.4, -0.2) is 45.0 Å². The number of aliphatic hydroxyl groups is 1. The van der Waals surface area contributed by atoms with E-state index in [1.54, 1.807) is 32.2 Å². The lowest BCUT2D eigenvalue weighted by Gasteiger charge is -2.28. The molecule has 224 valence electrons. The van der Waals surface area contributed by atoms with Crippen molar-refractivity contribution in [2.24, 2.45) is 7.05 Å². The Labute approximate surface area is 259 Å². The van der Waals surface area contributed by atoms with Gasteiger partial charge in [-0.25, -0.2) is 9.67 Å². The van der Waals surface area contributed by atoms with Crippen LogP contribution in [0.25, 0.3) is 22.4 Å². The fourth-order valence-corrected chi connectivity index (χ4v) is 6.00. The van der Waals surface area contributed by atoms with Crippen molar-refractivity contribution in [1.82, 2.24) is 20.1 Å². The van der Waals surface area contributed by atoms with E-state index in [1.165, 1.54) is 13.1 Å². The van der Waals surface area contributed by atoms with Crippen molar-refractivity contribution in [1.29, 1.82) is 0 Å². The van der Waals surface area contributed by atoms with Gasteiger partial charge in [0, 0.05) is 41.9 Å². The maximum atomic E-state index is 13.0. The van der Waals surface area contributed by atoms with Crippen LogP contribution in [0, 0.1) is 6.92 Å². The molecule has 1 aliphatic rings. The molecule has 5 rings (SSSR count). The van der Waals surface area contributed by atoms with Crippen LogP contribution in [0.2, 0.25) is 10.0 Å². The van der Waals surface area contributed by atoms with Crippen LogP contribution < -0.4 is 20.9 Å². The Balaban J connectivity index is 1.41. The molecule has 2 atom stereocenters. The molecule has 1 aliphatic carbocycles. The third kappa shape index (κ3) is 6.60. The molecule has 11 heteroatoms. The number of ether oxygens (including phenoxy) is 1. The van der Waals surface area contributed by atoms with Gasteiger partial charge in [-0.2, -0.15) is 5.10 Å². The quantitative estimate of drug-likeness (QED) is 0.228. The maximum absolute atomic E-state index is 13.0. The molecule has 43 heavy (non-hydrogen) atoms. The third-order valence-electron chi connectivity index (χ3n) is 7.66. The number of amides is 1. The first-order valence-corrected chi connectivity index (χ1v) is 14.8. The number of nitrogens with zero attached hydrogens (tertiary/aromatic N) is 3. The summed E-state index contributed by atoms with van der Waals surface area (Å²) in [6, 6.07) is 16.1. The van der Waals surface area contributed by atoms with Crippen LogP contribution in [0.4, 0.5) is 5.69 Å². The molecule has 0 radical (unpaired) electrons. The van der Waals surface area contributed by atoms with Crippen molar-refractivity contribution in [3.05, 3.63) is 91.8 Å². The monoisotopic (exact) mass is 621 g/mol. The molecule has 2 heterocycles. The number of benzene rings is 2. The lowest BCUT2D eigenvalue weighted by atomic mass is 9.92. The number of carbonyl (C=O) groups excluding carboxylic acids is 1. The van der Waals surface area contributed by atoms with Crippen molar-refractivity contribution >= 4 is 34.8 Å².